The Morgan fingerprint density at radius 1 is 1.48 bits per heavy atom. The molecule has 0 radical (unpaired) electrons. The van der Waals surface area contributed by atoms with E-state index in [0.717, 1.165) is 25.2 Å². The van der Waals surface area contributed by atoms with Crippen molar-refractivity contribution in [2.24, 2.45) is 0 Å². The molecule has 0 aliphatic carbocycles. The second-order valence-electron chi connectivity index (χ2n) is 6.31. The number of anilines is 1. The standard InChI is InChI=1S/C15H23N3O3/c1-15(2,3)21-14(20)17-11-5-4-8-18(10-11)13-7-6-12(19)9-16-13/h6-7,9,11,19H,4-5,8,10H2,1-3H3,(H,17,20)/t11-/m1/s1. The van der Waals surface area contributed by atoms with E-state index < -0.39 is 5.60 Å². The first-order valence-electron chi connectivity index (χ1n) is 7.23. The quantitative estimate of drug-likeness (QED) is 0.875. The van der Waals surface area contributed by atoms with Crippen LogP contribution >= 0.6 is 0 Å². The summed E-state index contributed by atoms with van der Waals surface area (Å²) in [6, 6.07) is 3.45. The van der Waals surface area contributed by atoms with Crippen molar-refractivity contribution in [3.8, 4) is 5.75 Å². The summed E-state index contributed by atoms with van der Waals surface area (Å²) in [5, 5.41) is 12.2. The molecule has 0 saturated carbocycles. The first-order valence-corrected chi connectivity index (χ1v) is 7.23. The van der Waals surface area contributed by atoms with Crippen LogP contribution in [0.3, 0.4) is 0 Å². The molecule has 1 aromatic heterocycles. The van der Waals surface area contributed by atoms with Crippen molar-refractivity contribution in [3.63, 3.8) is 0 Å². The Morgan fingerprint density at radius 3 is 2.86 bits per heavy atom. The fourth-order valence-electron chi connectivity index (χ4n) is 2.34. The first-order chi connectivity index (χ1) is 9.83. The van der Waals surface area contributed by atoms with Gasteiger partial charge in [0.15, 0.2) is 0 Å². The number of carbonyl (C=O) groups excluding carboxylic acids is 1. The average Bonchev–Trinajstić information content (AvgIpc) is 2.37. The van der Waals surface area contributed by atoms with E-state index >= 15 is 0 Å². The van der Waals surface area contributed by atoms with Crippen molar-refractivity contribution in [1.82, 2.24) is 10.3 Å². The molecule has 6 heteroatoms. The molecule has 1 aliphatic heterocycles. The first kappa shape index (κ1) is 15.4. The molecular formula is C15H23N3O3. The number of carbonyl (C=O) groups is 1. The highest BCUT2D eigenvalue weighted by molar-refractivity contribution is 5.68. The monoisotopic (exact) mass is 293 g/mol. The number of alkyl carbamates (subject to hydrolysis) is 1. The zero-order chi connectivity index (χ0) is 15.5. The fourth-order valence-corrected chi connectivity index (χ4v) is 2.34. The molecule has 2 rings (SSSR count). The van der Waals surface area contributed by atoms with E-state index in [4.69, 9.17) is 4.74 Å². The van der Waals surface area contributed by atoms with Gasteiger partial charge < -0.3 is 20.1 Å². The number of piperidine rings is 1. The van der Waals surface area contributed by atoms with Gasteiger partial charge in [0, 0.05) is 19.1 Å². The summed E-state index contributed by atoms with van der Waals surface area (Å²) < 4.78 is 5.28. The molecule has 0 bridgehead atoms. The number of hydrogen-bond donors (Lipinski definition) is 2. The maximum atomic E-state index is 11.8. The van der Waals surface area contributed by atoms with E-state index in [-0.39, 0.29) is 17.9 Å². The minimum absolute atomic E-state index is 0.0456. The normalized spacial score (nSPS) is 19.2. The summed E-state index contributed by atoms with van der Waals surface area (Å²) in [7, 11) is 0. The number of aromatic hydroxyl groups is 1. The highest BCUT2D eigenvalue weighted by Crippen LogP contribution is 2.20. The van der Waals surface area contributed by atoms with Crippen molar-refractivity contribution in [2.75, 3.05) is 18.0 Å². The number of nitrogens with one attached hydrogen (secondary N) is 1. The molecule has 21 heavy (non-hydrogen) atoms. The highest BCUT2D eigenvalue weighted by atomic mass is 16.6. The Hall–Kier alpha value is -1.98. The van der Waals surface area contributed by atoms with E-state index in [1.807, 2.05) is 20.8 Å². The predicted molar refractivity (Wildman–Crippen MR) is 80.5 cm³/mol. The SMILES string of the molecule is CC(C)(C)OC(=O)N[C@@H]1CCCN(c2ccc(O)cn2)C1. The van der Waals surface area contributed by atoms with Crippen molar-refractivity contribution < 1.29 is 14.6 Å². The molecule has 2 N–H and O–H groups in total. The van der Waals surface area contributed by atoms with E-state index in [9.17, 15) is 9.90 Å². The highest BCUT2D eigenvalue weighted by Gasteiger charge is 2.24. The molecule has 6 nitrogen and oxygen atoms in total. The van der Waals surface area contributed by atoms with Gasteiger partial charge in [0.1, 0.15) is 17.2 Å². The van der Waals surface area contributed by atoms with Crippen LogP contribution in [0.4, 0.5) is 10.6 Å². The molecule has 1 fully saturated rings. The number of aromatic nitrogens is 1. The van der Waals surface area contributed by atoms with E-state index in [1.54, 1.807) is 12.1 Å². The number of nitrogens with zero attached hydrogens (tertiary/aromatic N) is 2. The Morgan fingerprint density at radius 2 is 2.24 bits per heavy atom. The zero-order valence-electron chi connectivity index (χ0n) is 12.8. The van der Waals surface area contributed by atoms with Crippen molar-refractivity contribution in [1.29, 1.82) is 0 Å². The number of hydrogen-bond acceptors (Lipinski definition) is 5. The summed E-state index contributed by atoms with van der Waals surface area (Å²) in [6.45, 7) is 7.13. The maximum absolute atomic E-state index is 11.8. The molecule has 1 amide bonds. The van der Waals surface area contributed by atoms with Crippen LogP contribution in [0.15, 0.2) is 18.3 Å². The third-order valence-corrected chi connectivity index (χ3v) is 3.20. The summed E-state index contributed by atoms with van der Waals surface area (Å²) in [5.74, 6) is 0.961. The number of amides is 1. The van der Waals surface area contributed by atoms with Crippen LogP contribution in [0, 0.1) is 0 Å². The van der Waals surface area contributed by atoms with Gasteiger partial charge in [-0.1, -0.05) is 0 Å². The van der Waals surface area contributed by atoms with Gasteiger partial charge in [-0.2, -0.15) is 0 Å². The van der Waals surface area contributed by atoms with E-state index in [0.29, 0.717) is 6.54 Å². The lowest BCUT2D eigenvalue weighted by Gasteiger charge is -2.34. The van der Waals surface area contributed by atoms with Crippen molar-refractivity contribution in [2.45, 2.75) is 45.3 Å². The van der Waals surface area contributed by atoms with Gasteiger partial charge in [-0.3, -0.25) is 0 Å². The molecule has 0 spiro atoms. The average molecular weight is 293 g/mol. The molecule has 1 saturated heterocycles. The van der Waals surface area contributed by atoms with Gasteiger partial charge in [0.25, 0.3) is 0 Å². The number of pyridine rings is 1. The zero-order valence-corrected chi connectivity index (χ0v) is 12.8. The van der Waals surface area contributed by atoms with Gasteiger partial charge >= 0.3 is 6.09 Å². The topological polar surface area (TPSA) is 74.7 Å². The van der Waals surface area contributed by atoms with Crippen LogP contribution < -0.4 is 10.2 Å². The molecule has 0 unspecified atom stereocenters. The van der Waals surface area contributed by atoms with Gasteiger partial charge in [0.05, 0.1) is 6.20 Å². The van der Waals surface area contributed by atoms with Crippen LogP contribution in [-0.2, 0) is 4.74 Å². The smallest absolute Gasteiger partial charge is 0.407 e. The lowest BCUT2D eigenvalue weighted by molar-refractivity contribution is 0.0500. The molecule has 0 aromatic carbocycles. The van der Waals surface area contributed by atoms with Gasteiger partial charge in [0.2, 0.25) is 0 Å². The molecule has 116 valence electrons. The largest absolute Gasteiger partial charge is 0.506 e. The van der Waals surface area contributed by atoms with Crippen LogP contribution in [0.1, 0.15) is 33.6 Å². The van der Waals surface area contributed by atoms with E-state index in [1.165, 1.54) is 6.20 Å². The second kappa shape index (κ2) is 6.20. The van der Waals surface area contributed by atoms with Crippen molar-refractivity contribution >= 4 is 11.9 Å². The predicted octanol–water partition coefficient (Wildman–Crippen LogP) is 2.28. The summed E-state index contributed by atoms with van der Waals surface area (Å²) in [6.07, 6.45) is 2.95. The van der Waals surface area contributed by atoms with Crippen LogP contribution in [0.5, 0.6) is 5.75 Å². The third kappa shape index (κ3) is 4.81. The molecular weight excluding hydrogens is 270 g/mol. The van der Waals surface area contributed by atoms with Crippen LogP contribution in [0.2, 0.25) is 0 Å². The Balaban J connectivity index is 1.91. The fraction of sp³-hybridized carbons (Fsp3) is 0.600. The van der Waals surface area contributed by atoms with Crippen molar-refractivity contribution in [3.05, 3.63) is 18.3 Å². The molecule has 1 aliphatic rings. The molecule has 1 aromatic rings. The third-order valence-electron chi connectivity index (χ3n) is 3.20. The Bertz CT molecular complexity index is 482. The number of ether oxygens (including phenoxy) is 1. The molecule has 1 atom stereocenters. The lowest BCUT2D eigenvalue weighted by atomic mass is 10.1. The summed E-state index contributed by atoms with van der Waals surface area (Å²) in [5.41, 5.74) is -0.489. The lowest BCUT2D eigenvalue weighted by Crippen LogP contribution is -2.49. The minimum Gasteiger partial charge on any atom is -0.506 e. The van der Waals surface area contributed by atoms with E-state index in [2.05, 4.69) is 15.2 Å². The van der Waals surface area contributed by atoms with Gasteiger partial charge in [-0.15, -0.1) is 0 Å². The second-order valence-corrected chi connectivity index (χ2v) is 6.31. The number of rotatable bonds is 2. The minimum atomic E-state index is -0.489. The summed E-state index contributed by atoms with van der Waals surface area (Å²) in [4.78, 5) is 18.1. The van der Waals surface area contributed by atoms with Crippen LogP contribution in [-0.4, -0.2) is 40.9 Å². The Kier molecular flexibility index (Phi) is 4.55. The summed E-state index contributed by atoms with van der Waals surface area (Å²) >= 11 is 0. The maximum Gasteiger partial charge on any atom is 0.407 e. The van der Waals surface area contributed by atoms with Crippen LogP contribution in [0.25, 0.3) is 0 Å². The Labute approximate surface area is 125 Å². The molecule has 2 heterocycles. The van der Waals surface area contributed by atoms with Gasteiger partial charge in [-0.05, 0) is 45.7 Å². The van der Waals surface area contributed by atoms with Gasteiger partial charge in [-0.25, -0.2) is 9.78 Å².